The third kappa shape index (κ3) is 2.89. The Labute approximate surface area is 125 Å². The summed E-state index contributed by atoms with van der Waals surface area (Å²) in [5, 5.41) is 12.7. The summed E-state index contributed by atoms with van der Waals surface area (Å²) in [6, 6.07) is 7.59. The maximum Gasteiger partial charge on any atom is 0.236 e. The number of anilines is 1. The maximum absolute atomic E-state index is 5.76. The Morgan fingerprint density at radius 2 is 1.95 bits per heavy atom. The molecule has 0 atom stereocenters. The highest BCUT2D eigenvalue weighted by Gasteiger charge is 2.10. The van der Waals surface area contributed by atoms with Crippen LogP contribution in [0.1, 0.15) is 12.7 Å². The molecule has 21 heavy (non-hydrogen) atoms. The van der Waals surface area contributed by atoms with E-state index in [1.165, 1.54) is 11.3 Å². The highest BCUT2D eigenvalue weighted by atomic mass is 32.1. The van der Waals surface area contributed by atoms with E-state index in [4.69, 9.17) is 15.2 Å². The van der Waals surface area contributed by atoms with Gasteiger partial charge >= 0.3 is 0 Å². The third-order valence-electron chi connectivity index (χ3n) is 2.80. The fourth-order valence-corrected chi connectivity index (χ4v) is 2.55. The molecule has 7 nitrogen and oxygen atoms in total. The fraction of sp³-hybridized carbons (Fsp3) is 0.308. The van der Waals surface area contributed by atoms with Gasteiger partial charge in [0, 0.05) is 6.42 Å². The van der Waals surface area contributed by atoms with Gasteiger partial charge in [-0.05, 0) is 19.1 Å². The number of rotatable bonds is 6. The molecule has 0 aliphatic rings. The van der Waals surface area contributed by atoms with Crippen molar-refractivity contribution in [3.8, 4) is 11.5 Å². The highest BCUT2D eigenvalue weighted by molar-refractivity contribution is 7.20. The van der Waals surface area contributed by atoms with Crippen LogP contribution < -0.4 is 15.2 Å². The summed E-state index contributed by atoms with van der Waals surface area (Å²) in [4.78, 5) is 0.692. The number of nitrogen functional groups attached to an aromatic ring is 1. The quantitative estimate of drug-likeness (QED) is 0.747. The first kappa shape index (κ1) is 13.6. The van der Waals surface area contributed by atoms with Gasteiger partial charge in [0.25, 0.3) is 0 Å². The van der Waals surface area contributed by atoms with E-state index in [0.717, 1.165) is 17.3 Å². The van der Waals surface area contributed by atoms with E-state index in [0.29, 0.717) is 29.7 Å². The fourth-order valence-electron chi connectivity index (χ4n) is 1.92. The van der Waals surface area contributed by atoms with E-state index in [1.807, 2.05) is 31.2 Å². The summed E-state index contributed by atoms with van der Waals surface area (Å²) >= 11 is 1.31. The molecule has 2 N–H and O–H groups in total. The lowest BCUT2D eigenvalue weighted by Gasteiger charge is -2.10. The van der Waals surface area contributed by atoms with Crippen LogP contribution in [-0.4, -0.2) is 33.0 Å². The van der Waals surface area contributed by atoms with Crippen molar-refractivity contribution in [1.82, 2.24) is 19.8 Å². The normalized spacial score (nSPS) is 10.9. The van der Waals surface area contributed by atoms with Gasteiger partial charge in [-0.3, -0.25) is 0 Å². The van der Waals surface area contributed by atoms with E-state index in [1.54, 1.807) is 4.52 Å². The van der Waals surface area contributed by atoms with E-state index < -0.39 is 0 Å². The number of hydrogen-bond donors (Lipinski definition) is 1. The lowest BCUT2D eigenvalue weighted by Crippen LogP contribution is -2.07. The summed E-state index contributed by atoms with van der Waals surface area (Å²) in [6.45, 7) is 3.00. The molecule has 0 amide bonds. The molecule has 0 aliphatic heterocycles. The maximum atomic E-state index is 5.76. The summed E-state index contributed by atoms with van der Waals surface area (Å²) < 4.78 is 12.9. The molecule has 0 saturated heterocycles. The van der Waals surface area contributed by atoms with Crippen LogP contribution in [0, 0.1) is 0 Å². The van der Waals surface area contributed by atoms with E-state index in [9.17, 15) is 0 Å². The second-order valence-corrected chi connectivity index (χ2v) is 5.22. The minimum Gasteiger partial charge on any atom is -0.490 e. The predicted molar refractivity (Wildman–Crippen MR) is 79.9 cm³/mol. The number of benzene rings is 1. The predicted octanol–water partition coefficient (Wildman–Crippen LogP) is 1.79. The number of nitrogens with zero attached hydrogens (tertiary/aromatic N) is 4. The monoisotopic (exact) mass is 305 g/mol. The molecule has 0 saturated carbocycles. The first-order chi connectivity index (χ1) is 10.3. The van der Waals surface area contributed by atoms with Crippen LogP contribution in [0.5, 0.6) is 11.5 Å². The standard InChI is InChI=1S/C13H15N5O2S/c1-2-19-9-5-3-4-6-10(9)20-8-7-11-15-16-13-18(11)17-12(14)21-13/h3-6H,2,7-8H2,1H3,(H2,14,17). The van der Waals surface area contributed by atoms with Crippen molar-refractivity contribution in [3.05, 3.63) is 30.1 Å². The highest BCUT2D eigenvalue weighted by Crippen LogP contribution is 2.26. The second kappa shape index (κ2) is 5.96. The van der Waals surface area contributed by atoms with Gasteiger partial charge in [0.15, 0.2) is 17.3 Å². The topological polar surface area (TPSA) is 87.6 Å². The molecule has 3 aromatic rings. The van der Waals surface area contributed by atoms with Crippen LogP contribution in [-0.2, 0) is 6.42 Å². The van der Waals surface area contributed by atoms with Crippen molar-refractivity contribution in [1.29, 1.82) is 0 Å². The third-order valence-corrected chi connectivity index (χ3v) is 3.53. The van der Waals surface area contributed by atoms with Crippen molar-refractivity contribution >= 4 is 21.4 Å². The number of fused-ring (bicyclic) bond motifs is 1. The minimum atomic E-state index is 0.461. The summed E-state index contributed by atoms with van der Waals surface area (Å²) in [6.07, 6.45) is 0.588. The molecule has 0 unspecified atom stereocenters. The Morgan fingerprint density at radius 3 is 2.71 bits per heavy atom. The van der Waals surface area contributed by atoms with E-state index in [2.05, 4.69) is 15.3 Å². The zero-order valence-electron chi connectivity index (χ0n) is 11.5. The van der Waals surface area contributed by atoms with Gasteiger partial charge in [-0.2, -0.15) is 4.52 Å². The molecular formula is C13H15N5O2S. The van der Waals surface area contributed by atoms with Crippen LogP contribution in [0.2, 0.25) is 0 Å². The minimum absolute atomic E-state index is 0.461. The number of para-hydroxylation sites is 2. The van der Waals surface area contributed by atoms with Crippen molar-refractivity contribution in [2.75, 3.05) is 18.9 Å². The van der Waals surface area contributed by atoms with Crippen LogP contribution in [0.4, 0.5) is 5.13 Å². The van der Waals surface area contributed by atoms with Crippen molar-refractivity contribution in [2.45, 2.75) is 13.3 Å². The molecule has 2 heterocycles. The Kier molecular flexibility index (Phi) is 3.87. The molecule has 2 aromatic heterocycles. The Balaban J connectivity index is 1.66. The molecule has 0 spiro atoms. The van der Waals surface area contributed by atoms with Crippen LogP contribution in [0.3, 0.4) is 0 Å². The van der Waals surface area contributed by atoms with Gasteiger partial charge in [-0.1, -0.05) is 23.5 Å². The smallest absolute Gasteiger partial charge is 0.236 e. The first-order valence-corrected chi connectivity index (χ1v) is 7.41. The molecule has 8 heteroatoms. The lowest BCUT2D eigenvalue weighted by molar-refractivity contribution is 0.277. The number of aromatic nitrogens is 4. The molecule has 0 radical (unpaired) electrons. The Morgan fingerprint density at radius 1 is 1.19 bits per heavy atom. The van der Waals surface area contributed by atoms with Gasteiger partial charge < -0.3 is 15.2 Å². The van der Waals surface area contributed by atoms with Crippen molar-refractivity contribution < 1.29 is 9.47 Å². The molecule has 3 rings (SSSR count). The molecule has 0 fully saturated rings. The van der Waals surface area contributed by atoms with E-state index in [-0.39, 0.29) is 0 Å². The Hall–Kier alpha value is -2.35. The summed E-state index contributed by atoms with van der Waals surface area (Å²) in [5.74, 6) is 2.19. The zero-order chi connectivity index (χ0) is 14.7. The number of nitrogens with two attached hydrogens (primary N) is 1. The molecular weight excluding hydrogens is 290 g/mol. The summed E-state index contributed by atoms with van der Waals surface area (Å²) in [5.41, 5.74) is 5.65. The number of ether oxygens (including phenoxy) is 2. The zero-order valence-corrected chi connectivity index (χ0v) is 12.3. The van der Waals surface area contributed by atoms with Gasteiger partial charge in [0.2, 0.25) is 10.1 Å². The van der Waals surface area contributed by atoms with Gasteiger partial charge in [0.05, 0.1) is 13.2 Å². The number of hydrogen-bond acceptors (Lipinski definition) is 7. The van der Waals surface area contributed by atoms with Crippen molar-refractivity contribution in [2.24, 2.45) is 0 Å². The Bertz CT molecular complexity index is 739. The average molecular weight is 305 g/mol. The summed E-state index contributed by atoms with van der Waals surface area (Å²) in [7, 11) is 0. The average Bonchev–Trinajstić information content (AvgIpc) is 3.01. The lowest BCUT2D eigenvalue weighted by atomic mass is 10.3. The molecule has 0 bridgehead atoms. The van der Waals surface area contributed by atoms with Gasteiger partial charge in [-0.25, -0.2) is 0 Å². The van der Waals surface area contributed by atoms with E-state index >= 15 is 0 Å². The van der Waals surface area contributed by atoms with Crippen LogP contribution in [0.25, 0.3) is 4.96 Å². The van der Waals surface area contributed by atoms with Gasteiger partial charge in [0.1, 0.15) is 0 Å². The van der Waals surface area contributed by atoms with Crippen molar-refractivity contribution in [3.63, 3.8) is 0 Å². The molecule has 110 valence electrons. The molecule has 1 aromatic carbocycles. The van der Waals surface area contributed by atoms with Gasteiger partial charge in [-0.15, -0.1) is 15.3 Å². The first-order valence-electron chi connectivity index (χ1n) is 6.59. The molecule has 0 aliphatic carbocycles. The SMILES string of the molecule is CCOc1ccccc1OCCc1nnc2sc(N)nn12. The van der Waals surface area contributed by atoms with Crippen LogP contribution in [0.15, 0.2) is 24.3 Å². The van der Waals surface area contributed by atoms with Crippen LogP contribution >= 0.6 is 11.3 Å². The second-order valence-electron chi connectivity index (χ2n) is 4.23. The largest absolute Gasteiger partial charge is 0.490 e.